The first kappa shape index (κ1) is 25.1. The van der Waals surface area contributed by atoms with Crippen LogP contribution in [0.3, 0.4) is 0 Å². The monoisotopic (exact) mass is 563 g/mol. The van der Waals surface area contributed by atoms with E-state index in [0.717, 1.165) is 56.0 Å². The van der Waals surface area contributed by atoms with Crippen molar-refractivity contribution in [2.75, 3.05) is 24.5 Å². The highest BCUT2D eigenvalue weighted by Crippen LogP contribution is 2.41. The minimum absolute atomic E-state index is 0.0313. The minimum atomic E-state index is -0.342. The van der Waals surface area contributed by atoms with E-state index in [1.165, 1.54) is 11.1 Å². The molecule has 1 N–H and O–H groups in total. The molecule has 5 heterocycles. The minimum Gasteiger partial charge on any atom is -0.371 e. The SMILES string of the molecule is C[C@@H]1c2ccccc2CCN1C(=O)c1cc(C2CC2)n2nc(-c3ccc(N4CCC(c5nnn[nH]5)C4)cc3F)cc2n1. The average molecular weight is 564 g/mol. The van der Waals surface area contributed by atoms with Crippen LogP contribution >= 0.6 is 0 Å². The van der Waals surface area contributed by atoms with E-state index < -0.39 is 0 Å². The summed E-state index contributed by atoms with van der Waals surface area (Å²) in [7, 11) is 0. The first-order valence-corrected chi connectivity index (χ1v) is 14.6. The van der Waals surface area contributed by atoms with Crippen molar-refractivity contribution in [2.24, 2.45) is 0 Å². The second-order valence-corrected chi connectivity index (χ2v) is 11.6. The van der Waals surface area contributed by atoms with E-state index in [-0.39, 0.29) is 23.7 Å². The number of tetrazole rings is 1. The van der Waals surface area contributed by atoms with Gasteiger partial charge in [0.2, 0.25) is 0 Å². The maximum Gasteiger partial charge on any atom is 0.273 e. The molecular formula is C31H30FN9O. The van der Waals surface area contributed by atoms with Gasteiger partial charge in [-0.1, -0.05) is 24.3 Å². The lowest BCUT2D eigenvalue weighted by atomic mass is 9.93. The number of anilines is 1. The summed E-state index contributed by atoms with van der Waals surface area (Å²) in [5, 5.41) is 19.0. The van der Waals surface area contributed by atoms with Gasteiger partial charge in [-0.05, 0) is 78.4 Å². The van der Waals surface area contributed by atoms with Crippen LogP contribution in [0, 0.1) is 5.82 Å². The molecule has 5 aromatic rings. The fourth-order valence-corrected chi connectivity index (χ4v) is 6.57. The van der Waals surface area contributed by atoms with Crippen LogP contribution in [0.25, 0.3) is 16.9 Å². The molecule has 2 fully saturated rings. The van der Waals surface area contributed by atoms with Crippen LogP contribution in [0.5, 0.6) is 0 Å². The number of aromatic nitrogens is 7. The van der Waals surface area contributed by atoms with Gasteiger partial charge >= 0.3 is 0 Å². The van der Waals surface area contributed by atoms with Crippen molar-refractivity contribution in [2.45, 2.75) is 50.5 Å². The van der Waals surface area contributed by atoms with E-state index in [4.69, 9.17) is 10.1 Å². The highest BCUT2D eigenvalue weighted by molar-refractivity contribution is 5.93. The lowest BCUT2D eigenvalue weighted by Gasteiger charge is -2.35. The second kappa shape index (κ2) is 9.71. The van der Waals surface area contributed by atoms with E-state index in [1.54, 1.807) is 22.7 Å². The maximum atomic E-state index is 15.6. The summed E-state index contributed by atoms with van der Waals surface area (Å²) < 4.78 is 17.4. The lowest BCUT2D eigenvalue weighted by molar-refractivity contribution is 0.0671. The lowest BCUT2D eigenvalue weighted by Crippen LogP contribution is -2.39. The van der Waals surface area contributed by atoms with Crippen molar-refractivity contribution >= 4 is 17.2 Å². The van der Waals surface area contributed by atoms with Crippen LogP contribution in [0.4, 0.5) is 10.1 Å². The Bertz CT molecular complexity index is 1810. The molecule has 42 heavy (non-hydrogen) atoms. The molecule has 0 bridgehead atoms. The largest absolute Gasteiger partial charge is 0.371 e. The van der Waals surface area contributed by atoms with Crippen LogP contribution in [-0.2, 0) is 6.42 Å². The van der Waals surface area contributed by atoms with Gasteiger partial charge in [-0.2, -0.15) is 5.10 Å². The fraction of sp³-hybridized carbons (Fsp3) is 0.355. The second-order valence-electron chi connectivity index (χ2n) is 11.6. The van der Waals surface area contributed by atoms with Gasteiger partial charge in [0.25, 0.3) is 5.91 Å². The number of nitrogens with zero attached hydrogens (tertiary/aromatic N) is 8. The Kier molecular flexibility index (Phi) is 5.80. The van der Waals surface area contributed by atoms with Gasteiger partial charge in [0.05, 0.1) is 11.7 Å². The number of rotatable bonds is 5. The molecule has 3 aliphatic rings. The summed E-state index contributed by atoms with van der Waals surface area (Å²) in [4.78, 5) is 22.6. The van der Waals surface area contributed by atoms with Crippen molar-refractivity contribution in [3.05, 3.63) is 88.8 Å². The van der Waals surface area contributed by atoms with Gasteiger partial charge in [-0.3, -0.25) is 4.79 Å². The Hall–Kier alpha value is -4.67. The zero-order valence-electron chi connectivity index (χ0n) is 23.2. The van der Waals surface area contributed by atoms with Crippen LogP contribution in [0.15, 0.2) is 54.6 Å². The summed E-state index contributed by atoms with van der Waals surface area (Å²) in [5.41, 5.74) is 6.16. The van der Waals surface area contributed by atoms with E-state index in [0.29, 0.717) is 35.1 Å². The Morgan fingerprint density at radius 3 is 2.71 bits per heavy atom. The van der Waals surface area contributed by atoms with E-state index >= 15 is 4.39 Å². The molecule has 2 atom stereocenters. The number of benzene rings is 2. The molecule has 3 aromatic heterocycles. The van der Waals surface area contributed by atoms with Gasteiger partial charge in [0.15, 0.2) is 11.5 Å². The van der Waals surface area contributed by atoms with Crippen LogP contribution < -0.4 is 4.90 Å². The maximum absolute atomic E-state index is 15.6. The number of aromatic amines is 1. The van der Waals surface area contributed by atoms with Crippen molar-refractivity contribution in [1.29, 1.82) is 0 Å². The molecular weight excluding hydrogens is 533 g/mol. The summed E-state index contributed by atoms with van der Waals surface area (Å²) in [6, 6.07) is 17.3. The summed E-state index contributed by atoms with van der Waals surface area (Å²) in [6.45, 7) is 4.24. The van der Waals surface area contributed by atoms with Crippen molar-refractivity contribution in [1.82, 2.24) is 40.1 Å². The molecule has 1 saturated carbocycles. The predicted molar refractivity (Wildman–Crippen MR) is 154 cm³/mol. The van der Waals surface area contributed by atoms with Crippen molar-refractivity contribution in [3.63, 3.8) is 0 Å². The van der Waals surface area contributed by atoms with Gasteiger partial charge in [-0.25, -0.2) is 19.0 Å². The third-order valence-electron chi connectivity index (χ3n) is 9.06. The van der Waals surface area contributed by atoms with Gasteiger partial charge < -0.3 is 9.80 Å². The molecule has 1 amide bonds. The fourth-order valence-electron chi connectivity index (χ4n) is 6.57. The zero-order chi connectivity index (χ0) is 28.4. The Morgan fingerprint density at radius 1 is 1.02 bits per heavy atom. The standard InChI is InChI=1S/C31H30FN9O/c1-18-23-5-3-2-4-19(23)11-13-40(18)31(42)27-15-28(20-6-7-20)41-29(33-27)16-26(36-41)24-9-8-22(14-25(24)32)39-12-10-21(17-39)30-34-37-38-35-30/h2-5,8-9,14-16,18,20-21H,6-7,10-13,17H2,1H3,(H,34,35,37,38)/t18-,21?/m1/s1. The Morgan fingerprint density at radius 2 is 1.90 bits per heavy atom. The summed E-state index contributed by atoms with van der Waals surface area (Å²) in [6.07, 6.45) is 3.80. The summed E-state index contributed by atoms with van der Waals surface area (Å²) in [5.74, 6) is 0.850. The number of hydrogen-bond donors (Lipinski definition) is 1. The number of hydrogen-bond acceptors (Lipinski definition) is 7. The quantitative estimate of drug-likeness (QED) is 0.331. The first-order chi connectivity index (χ1) is 20.5. The van der Waals surface area contributed by atoms with Crippen molar-refractivity contribution < 1.29 is 9.18 Å². The number of H-pyrrole nitrogens is 1. The van der Waals surface area contributed by atoms with Crippen LogP contribution in [-0.4, -0.2) is 65.7 Å². The normalized spacial score (nSPS) is 20.3. The number of carbonyl (C=O) groups is 1. The number of carbonyl (C=O) groups excluding carboxylic acids is 1. The van der Waals surface area contributed by atoms with Gasteiger partial charge in [-0.15, -0.1) is 5.10 Å². The molecule has 212 valence electrons. The molecule has 1 aliphatic carbocycles. The highest BCUT2D eigenvalue weighted by Gasteiger charge is 2.33. The zero-order valence-corrected chi connectivity index (χ0v) is 23.2. The molecule has 8 rings (SSSR count). The van der Waals surface area contributed by atoms with E-state index in [1.807, 2.05) is 29.2 Å². The average Bonchev–Trinajstić information content (AvgIpc) is 3.37. The number of amides is 1. The Labute approximate surface area is 241 Å². The van der Waals surface area contributed by atoms with Crippen LogP contribution in [0.2, 0.25) is 0 Å². The van der Waals surface area contributed by atoms with Crippen molar-refractivity contribution in [3.8, 4) is 11.3 Å². The molecule has 1 unspecified atom stereocenters. The van der Waals surface area contributed by atoms with Gasteiger partial charge in [0.1, 0.15) is 11.5 Å². The molecule has 11 heteroatoms. The molecule has 2 aliphatic heterocycles. The van der Waals surface area contributed by atoms with Crippen LogP contribution in [0.1, 0.15) is 77.2 Å². The Balaban J connectivity index is 1.09. The number of halogens is 1. The van der Waals surface area contributed by atoms with E-state index in [2.05, 4.69) is 44.6 Å². The molecule has 2 aromatic carbocycles. The molecule has 0 spiro atoms. The predicted octanol–water partition coefficient (Wildman–Crippen LogP) is 4.68. The number of fused-ring (bicyclic) bond motifs is 2. The molecule has 0 radical (unpaired) electrons. The molecule has 10 nitrogen and oxygen atoms in total. The third kappa shape index (κ3) is 4.22. The topological polar surface area (TPSA) is 108 Å². The smallest absolute Gasteiger partial charge is 0.273 e. The third-order valence-corrected chi connectivity index (χ3v) is 9.06. The molecule has 1 saturated heterocycles. The van der Waals surface area contributed by atoms with E-state index in [9.17, 15) is 4.79 Å². The highest BCUT2D eigenvalue weighted by atomic mass is 19.1. The summed E-state index contributed by atoms with van der Waals surface area (Å²) >= 11 is 0. The first-order valence-electron chi connectivity index (χ1n) is 14.6. The van der Waals surface area contributed by atoms with Gasteiger partial charge in [0, 0.05) is 54.5 Å². The number of nitrogens with one attached hydrogen (secondary N) is 1.